The molecule has 3 nitrogen and oxygen atoms in total. The Hall–Kier alpha value is -0.903. The highest BCUT2D eigenvalue weighted by Gasteiger charge is 2.20. The van der Waals surface area contributed by atoms with Crippen molar-refractivity contribution in [2.75, 3.05) is 14.2 Å². The average Bonchev–Trinajstić information content (AvgIpc) is 2.10. The second-order valence-electron chi connectivity index (χ2n) is 3.96. The highest BCUT2D eigenvalue weighted by atomic mass is 28.4. The summed E-state index contributed by atoms with van der Waals surface area (Å²) in [4.78, 5) is 0. The summed E-state index contributed by atoms with van der Waals surface area (Å²) < 4.78 is 15.9. The first-order valence-corrected chi connectivity index (χ1v) is 7.89. The summed E-state index contributed by atoms with van der Waals surface area (Å²) >= 11 is 0. The van der Waals surface area contributed by atoms with Crippen LogP contribution in [-0.4, -0.2) is 22.5 Å². The Morgan fingerprint density at radius 2 is 1.57 bits per heavy atom. The maximum absolute atomic E-state index is 5.73. The molecule has 0 N–H and O–H groups in total. The van der Waals surface area contributed by atoms with Crippen LogP contribution in [0, 0.1) is 0 Å². The Bertz CT molecular complexity index is 238. The van der Waals surface area contributed by atoms with E-state index < -0.39 is 8.32 Å². The monoisotopic (exact) mass is 216 g/mol. The van der Waals surface area contributed by atoms with Gasteiger partial charge in [0, 0.05) is 0 Å². The van der Waals surface area contributed by atoms with Crippen molar-refractivity contribution >= 4 is 8.32 Å². The van der Waals surface area contributed by atoms with E-state index in [1.807, 2.05) is 6.92 Å². The Balaban J connectivity index is 4.77. The molecule has 82 valence electrons. The molecule has 0 saturated heterocycles. The van der Waals surface area contributed by atoms with Crippen LogP contribution in [0.1, 0.15) is 6.92 Å². The van der Waals surface area contributed by atoms with Gasteiger partial charge in [-0.15, -0.1) is 0 Å². The molecule has 0 amide bonds. The van der Waals surface area contributed by atoms with E-state index in [9.17, 15) is 0 Å². The minimum Gasteiger partial charge on any atom is -0.519 e. The molecule has 0 aromatic heterocycles. The van der Waals surface area contributed by atoms with Crippen molar-refractivity contribution in [2.24, 2.45) is 0 Å². The lowest BCUT2D eigenvalue weighted by molar-refractivity contribution is 0.139. The second-order valence-corrected chi connectivity index (χ2v) is 8.39. The molecule has 4 heteroatoms. The molecule has 0 atom stereocenters. The molecule has 0 aliphatic heterocycles. The van der Waals surface area contributed by atoms with E-state index in [0.29, 0.717) is 11.7 Å². The molecule has 0 aliphatic rings. The first-order valence-electron chi connectivity index (χ1n) is 4.49. The van der Waals surface area contributed by atoms with Gasteiger partial charge < -0.3 is 13.9 Å². The highest BCUT2D eigenvalue weighted by molar-refractivity contribution is 6.70. The van der Waals surface area contributed by atoms with Crippen LogP contribution in [-0.2, 0) is 13.9 Å². The van der Waals surface area contributed by atoms with E-state index in [4.69, 9.17) is 13.9 Å². The molecule has 0 aromatic carbocycles. The quantitative estimate of drug-likeness (QED) is 0.402. The molecular formula is C10H20O3Si. The molecule has 0 spiro atoms. The number of ether oxygens (including phenoxy) is 2. The maximum atomic E-state index is 5.73. The van der Waals surface area contributed by atoms with E-state index in [-0.39, 0.29) is 0 Å². The van der Waals surface area contributed by atoms with Crippen LogP contribution in [0.25, 0.3) is 0 Å². The molecule has 0 aromatic rings. The van der Waals surface area contributed by atoms with Gasteiger partial charge in [0.25, 0.3) is 5.95 Å². The van der Waals surface area contributed by atoms with Crippen LogP contribution in [0.4, 0.5) is 0 Å². The number of hydrogen-bond acceptors (Lipinski definition) is 3. The van der Waals surface area contributed by atoms with Gasteiger partial charge >= 0.3 is 0 Å². The molecule has 0 bridgehead atoms. The van der Waals surface area contributed by atoms with E-state index in [1.165, 1.54) is 0 Å². The molecule has 0 radical (unpaired) electrons. The Morgan fingerprint density at radius 1 is 1.07 bits per heavy atom. The summed E-state index contributed by atoms with van der Waals surface area (Å²) in [5.74, 6) is 1.08. The molecular weight excluding hydrogens is 196 g/mol. The molecule has 0 heterocycles. The third-order valence-electron chi connectivity index (χ3n) is 1.56. The summed E-state index contributed by atoms with van der Waals surface area (Å²) in [7, 11) is 1.52. The van der Waals surface area contributed by atoms with Crippen LogP contribution in [0.3, 0.4) is 0 Å². The van der Waals surface area contributed by atoms with E-state index >= 15 is 0 Å². The zero-order valence-corrected chi connectivity index (χ0v) is 10.9. The minimum atomic E-state index is -1.64. The van der Waals surface area contributed by atoms with Gasteiger partial charge in [0.05, 0.1) is 19.8 Å². The fourth-order valence-corrected chi connectivity index (χ4v) is 1.61. The molecule has 14 heavy (non-hydrogen) atoms. The van der Waals surface area contributed by atoms with Gasteiger partial charge in [0.2, 0.25) is 8.32 Å². The van der Waals surface area contributed by atoms with Crippen molar-refractivity contribution in [3.8, 4) is 0 Å². The number of methoxy groups -OCH3 is 2. The molecule has 0 saturated carbocycles. The topological polar surface area (TPSA) is 27.7 Å². The Labute approximate surface area is 87.5 Å². The van der Waals surface area contributed by atoms with Gasteiger partial charge in [-0.2, -0.15) is 0 Å². The number of allylic oxidation sites excluding steroid dienone is 1. The third-order valence-corrected chi connectivity index (χ3v) is 2.35. The SMILES string of the molecule is C=C(OC)/C(C)=C(\OC)O[Si](C)(C)C. The summed E-state index contributed by atoms with van der Waals surface area (Å²) in [6.45, 7) is 11.9. The fourth-order valence-electron chi connectivity index (χ4n) is 0.816. The van der Waals surface area contributed by atoms with Gasteiger partial charge in [0.1, 0.15) is 5.76 Å². The molecule has 0 fully saturated rings. The van der Waals surface area contributed by atoms with Crippen molar-refractivity contribution in [3.05, 3.63) is 23.9 Å². The van der Waals surface area contributed by atoms with Crippen LogP contribution in [0.5, 0.6) is 0 Å². The second kappa shape index (κ2) is 5.10. The number of hydrogen-bond donors (Lipinski definition) is 0. The summed E-state index contributed by atoms with van der Waals surface area (Å²) in [5, 5.41) is 0. The molecule has 0 aliphatic carbocycles. The van der Waals surface area contributed by atoms with Crippen molar-refractivity contribution in [1.29, 1.82) is 0 Å². The van der Waals surface area contributed by atoms with Crippen molar-refractivity contribution in [2.45, 2.75) is 26.6 Å². The maximum Gasteiger partial charge on any atom is 0.271 e. The van der Waals surface area contributed by atoms with Crippen LogP contribution in [0.2, 0.25) is 19.6 Å². The standard InChI is InChI=1S/C10H20O3Si/c1-8(9(2)11-3)10(12-4)13-14(5,6)7/h2H2,1,3-7H3/b10-8+. The third kappa shape index (κ3) is 4.37. The van der Waals surface area contributed by atoms with E-state index in [2.05, 4.69) is 26.2 Å². The van der Waals surface area contributed by atoms with Gasteiger partial charge in [-0.25, -0.2) is 0 Å². The van der Waals surface area contributed by atoms with Crippen molar-refractivity contribution in [3.63, 3.8) is 0 Å². The average molecular weight is 216 g/mol. The predicted octanol–water partition coefficient (Wildman–Crippen LogP) is 2.88. The van der Waals surface area contributed by atoms with Gasteiger partial charge in [-0.1, -0.05) is 6.58 Å². The zero-order valence-electron chi connectivity index (χ0n) is 9.93. The largest absolute Gasteiger partial charge is 0.519 e. The fraction of sp³-hybridized carbons (Fsp3) is 0.600. The lowest BCUT2D eigenvalue weighted by Gasteiger charge is -2.22. The molecule has 0 rings (SSSR count). The van der Waals surface area contributed by atoms with Crippen LogP contribution < -0.4 is 0 Å². The summed E-state index contributed by atoms with van der Waals surface area (Å²) in [5.41, 5.74) is 0.803. The van der Waals surface area contributed by atoms with Gasteiger partial charge in [-0.3, -0.25) is 0 Å². The number of rotatable bonds is 5. The van der Waals surface area contributed by atoms with Crippen molar-refractivity contribution < 1.29 is 13.9 Å². The molecule has 0 unspecified atom stereocenters. The summed E-state index contributed by atoms with van der Waals surface area (Å²) in [6, 6.07) is 0. The summed E-state index contributed by atoms with van der Waals surface area (Å²) in [6.07, 6.45) is 0. The highest BCUT2D eigenvalue weighted by Crippen LogP contribution is 2.19. The lowest BCUT2D eigenvalue weighted by Crippen LogP contribution is -2.26. The predicted molar refractivity (Wildman–Crippen MR) is 60.3 cm³/mol. The van der Waals surface area contributed by atoms with Gasteiger partial charge in [0.15, 0.2) is 0 Å². The smallest absolute Gasteiger partial charge is 0.271 e. The van der Waals surface area contributed by atoms with Crippen molar-refractivity contribution in [1.82, 2.24) is 0 Å². The van der Waals surface area contributed by atoms with Gasteiger partial charge in [-0.05, 0) is 26.6 Å². The van der Waals surface area contributed by atoms with E-state index in [0.717, 1.165) is 5.57 Å². The Morgan fingerprint density at radius 3 is 1.86 bits per heavy atom. The normalized spacial score (nSPS) is 13.0. The van der Waals surface area contributed by atoms with Crippen LogP contribution in [0.15, 0.2) is 23.9 Å². The van der Waals surface area contributed by atoms with E-state index in [1.54, 1.807) is 14.2 Å². The minimum absolute atomic E-state index is 0.510. The Kier molecular flexibility index (Phi) is 4.77. The zero-order chi connectivity index (χ0) is 11.4. The first kappa shape index (κ1) is 13.1. The first-order chi connectivity index (χ1) is 6.31. The lowest BCUT2D eigenvalue weighted by atomic mass is 10.3. The van der Waals surface area contributed by atoms with Crippen LogP contribution >= 0.6 is 0 Å².